The first kappa shape index (κ1) is 8.49. The summed E-state index contributed by atoms with van der Waals surface area (Å²) in [5, 5.41) is 10.6. The van der Waals surface area contributed by atoms with Crippen molar-refractivity contribution in [3.05, 3.63) is 30.3 Å². The van der Waals surface area contributed by atoms with E-state index >= 15 is 0 Å². The summed E-state index contributed by atoms with van der Waals surface area (Å²) in [6, 6.07) is 10.2. The Hall–Kier alpha value is -0.603. The molecule has 0 saturated heterocycles. The maximum atomic E-state index is 9.32. The van der Waals surface area contributed by atoms with Gasteiger partial charge in [0, 0.05) is 5.73 Å². The summed E-state index contributed by atoms with van der Waals surface area (Å²) in [5.74, 6) is 0. The lowest BCUT2D eigenvalue weighted by Crippen LogP contribution is -2.37. The maximum Gasteiger partial charge on any atom is 0.117 e. The highest BCUT2D eigenvalue weighted by Crippen LogP contribution is 1.92. The lowest BCUT2D eigenvalue weighted by Gasteiger charge is -2.11. The predicted molar refractivity (Wildman–Crippen MR) is 49.4 cm³/mol. The number of hydrogen-bond acceptors (Lipinski definition) is 1. The van der Waals surface area contributed by atoms with Gasteiger partial charge in [0.15, 0.2) is 0 Å². The minimum absolute atomic E-state index is 0.164. The average Bonchev–Trinajstić information content (AvgIpc) is 2.05. The van der Waals surface area contributed by atoms with Crippen LogP contribution in [-0.2, 0) is 0 Å². The highest BCUT2D eigenvalue weighted by molar-refractivity contribution is 6.73. The molecule has 1 unspecified atom stereocenters. The topological polar surface area (TPSA) is 20.2 Å². The summed E-state index contributed by atoms with van der Waals surface area (Å²) in [6.07, 6.45) is 0. The molecule has 1 aromatic rings. The smallest absolute Gasteiger partial charge is 0.117 e. The zero-order chi connectivity index (χ0) is 8.27. The normalized spacial score (nSPS) is 13.5. The van der Waals surface area contributed by atoms with Crippen LogP contribution >= 0.6 is 0 Å². The quantitative estimate of drug-likeness (QED) is 0.647. The molecule has 1 rings (SSSR count). The Morgan fingerprint density at radius 3 is 2.27 bits per heavy atom. The van der Waals surface area contributed by atoms with E-state index < -0.39 is 8.80 Å². The van der Waals surface area contributed by atoms with Gasteiger partial charge in [0.1, 0.15) is 8.80 Å². The summed E-state index contributed by atoms with van der Waals surface area (Å²) < 4.78 is 0. The fourth-order valence-electron chi connectivity index (χ4n) is 0.942. The van der Waals surface area contributed by atoms with E-state index in [9.17, 15) is 5.11 Å². The molecule has 0 fully saturated rings. The fourth-order valence-corrected chi connectivity index (χ4v) is 2.14. The van der Waals surface area contributed by atoms with E-state index in [0.717, 1.165) is 0 Å². The van der Waals surface area contributed by atoms with Crippen LogP contribution in [0.3, 0.4) is 0 Å². The van der Waals surface area contributed by atoms with Crippen LogP contribution in [0.15, 0.2) is 30.3 Å². The monoisotopic (exact) mass is 165 g/mol. The van der Waals surface area contributed by atoms with E-state index in [0.29, 0.717) is 0 Å². The summed E-state index contributed by atoms with van der Waals surface area (Å²) in [5.41, 5.74) is -0.164. The molecule has 0 aliphatic heterocycles. The van der Waals surface area contributed by atoms with Gasteiger partial charge in [-0.1, -0.05) is 42.1 Å². The van der Waals surface area contributed by atoms with E-state index in [1.807, 2.05) is 25.1 Å². The third-order valence-corrected chi connectivity index (χ3v) is 4.35. The van der Waals surface area contributed by atoms with Crippen LogP contribution < -0.4 is 5.19 Å². The molecule has 0 amide bonds. The van der Waals surface area contributed by atoms with Gasteiger partial charge in [-0.05, 0) is 6.92 Å². The summed E-state index contributed by atoms with van der Waals surface area (Å²) >= 11 is 0. The molecule has 0 aliphatic rings. The van der Waals surface area contributed by atoms with Crippen molar-refractivity contribution < 1.29 is 5.11 Å². The standard InChI is InChI=1S/C9H13OSi/c1-8(10)11(2)9-6-4-3-5-7-9/h3-8,10H,1-2H3. The Kier molecular flexibility index (Phi) is 2.85. The van der Waals surface area contributed by atoms with E-state index in [4.69, 9.17) is 0 Å². The van der Waals surface area contributed by atoms with E-state index in [-0.39, 0.29) is 5.73 Å². The van der Waals surface area contributed by atoms with E-state index in [2.05, 4.69) is 18.7 Å². The van der Waals surface area contributed by atoms with Crippen LogP contribution in [0.4, 0.5) is 0 Å². The predicted octanol–water partition coefficient (Wildman–Crippen LogP) is 0.938. The van der Waals surface area contributed by atoms with Crippen molar-refractivity contribution in [3.63, 3.8) is 0 Å². The van der Waals surface area contributed by atoms with Gasteiger partial charge in [0.05, 0.1) is 0 Å². The number of aliphatic hydroxyl groups is 1. The Balaban J connectivity index is 2.77. The number of benzene rings is 1. The molecule has 0 aromatic heterocycles. The summed E-state index contributed by atoms with van der Waals surface area (Å²) in [4.78, 5) is 0. The zero-order valence-electron chi connectivity index (χ0n) is 6.91. The second kappa shape index (κ2) is 3.69. The molecule has 1 radical (unpaired) electrons. The van der Waals surface area contributed by atoms with Crippen LogP contribution in [0.5, 0.6) is 0 Å². The van der Waals surface area contributed by atoms with Gasteiger partial charge >= 0.3 is 0 Å². The number of rotatable bonds is 2. The van der Waals surface area contributed by atoms with Gasteiger partial charge in [-0.3, -0.25) is 0 Å². The largest absolute Gasteiger partial charge is 0.397 e. The van der Waals surface area contributed by atoms with Crippen molar-refractivity contribution in [2.75, 3.05) is 0 Å². The van der Waals surface area contributed by atoms with Gasteiger partial charge in [0.25, 0.3) is 0 Å². The Morgan fingerprint density at radius 1 is 1.27 bits per heavy atom. The minimum Gasteiger partial charge on any atom is -0.397 e. The van der Waals surface area contributed by atoms with Crippen LogP contribution in [-0.4, -0.2) is 19.6 Å². The number of hydrogen-bond donors (Lipinski definition) is 1. The molecule has 1 aromatic carbocycles. The molecule has 1 N–H and O–H groups in total. The van der Waals surface area contributed by atoms with Crippen LogP contribution in [0.25, 0.3) is 0 Å². The van der Waals surface area contributed by atoms with Crippen molar-refractivity contribution in [1.82, 2.24) is 0 Å². The first-order chi connectivity index (χ1) is 5.22. The average molecular weight is 165 g/mol. The molecule has 1 atom stereocenters. The highest BCUT2D eigenvalue weighted by Gasteiger charge is 2.12. The third-order valence-electron chi connectivity index (χ3n) is 1.86. The summed E-state index contributed by atoms with van der Waals surface area (Å²) in [7, 11) is -0.729. The molecule has 0 spiro atoms. The van der Waals surface area contributed by atoms with Gasteiger partial charge in [-0.2, -0.15) is 0 Å². The second-order valence-electron chi connectivity index (χ2n) is 2.73. The zero-order valence-corrected chi connectivity index (χ0v) is 7.91. The molecule has 59 valence electrons. The van der Waals surface area contributed by atoms with E-state index in [1.165, 1.54) is 5.19 Å². The Morgan fingerprint density at radius 2 is 1.82 bits per heavy atom. The van der Waals surface area contributed by atoms with Crippen molar-refractivity contribution in [1.29, 1.82) is 0 Å². The van der Waals surface area contributed by atoms with Gasteiger partial charge in [-0.25, -0.2) is 0 Å². The first-order valence-electron chi connectivity index (χ1n) is 3.78. The molecule has 0 bridgehead atoms. The van der Waals surface area contributed by atoms with Crippen molar-refractivity contribution in [3.8, 4) is 0 Å². The molecule has 0 saturated carbocycles. The second-order valence-corrected chi connectivity index (χ2v) is 5.50. The molecule has 1 nitrogen and oxygen atoms in total. The lowest BCUT2D eigenvalue weighted by atomic mass is 10.4. The summed E-state index contributed by atoms with van der Waals surface area (Å²) in [6.45, 7) is 3.99. The minimum atomic E-state index is -0.729. The van der Waals surface area contributed by atoms with Gasteiger partial charge in [-0.15, -0.1) is 0 Å². The third kappa shape index (κ3) is 2.17. The van der Waals surface area contributed by atoms with Crippen LogP contribution in [0.2, 0.25) is 6.55 Å². The Labute approximate surface area is 69.3 Å². The lowest BCUT2D eigenvalue weighted by molar-refractivity contribution is 0.270. The maximum absolute atomic E-state index is 9.32. The highest BCUT2D eigenvalue weighted by atomic mass is 28.3. The Bertz CT molecular complexity index is 208. The number of aliphatic hydroxyl groups excluding tert-OH is 1. The molecule has 0 heterocycles. The van der Waals surface area contributed by atoms with Crippen molar-refractivity contribution >= 4 is 14.0 Å². The van der Waals surface area contributed by atoms with Gasteiger partial charge in [0.2, 0.25) is 0 Å². The molecular weight excluding hydrogens is 152 g/mol. The molecule has 2 heteroatoms. The SMILES string of the molecule is CC(O)[Si](C)c1ccccc1. The van der Waals surface area contributed by atoms with Crippen molar-refractivity contribution in [2.24, 2.45) is 0 Å². The molecular formula is C9H13OSi. The first-order valence-corrected chi connectivity index (χ1v) is 5.86. The fraction of sp³-hybridized carbons (Fsp3) is 0.333. The van der Waals surface area contributed by atoms with Crippen molar-refractivity contribution in [2.45, 2.75) is 19.2 Å². The van der Waals surface area contributed by atoms with Gasteiger partial charge < -0.3 is 5.11 Å². The van der Waals surface area contributed by atoms with E-state index in [1.54, 1.807) is 0 Å². The van der Waals surface area contributed by atoms with Crippen LogP contribution in [0, 0.1) is 0 Å². The molecule has 0 aliphatic carbocycles. The van der Waals surface area contributed by atoms with Crippen LogP contribution in [0.1, 0.15) is 6.92 Å². The molecule has 11 heavy (non-hydrogen) atoms.